The lowest BCUT2D eigenvalue weighted by Crippen LogP contribution is -2.30. The second kappa shape index (κ2) is 3.51. The van der Waals surface area contributed by atoms with Gasteiger partial charge in [-0.2, -0.15) is 0 Å². The number of carbonyl (C=O) groups is 2. The first-order chi connectivity index (χ1) is 7.09. The Morgan fingerprint density at radius 1 is 1.40 bits per heavy atom. The fourth-order valence-electron chi connectivity index (χ4n) is 1.31. The lowest BCUT2D eigenvalue weighted by atomic mass is 10.3. The maximum atomic E-state index is 12.8. The Kier molecular flexibility index (Phi) is 2.32. The van der Waals surface area contributed by atoms with Crippen LogP contribution in [-0.2, 0) is 4.79 Å². The molecule has 1 heterocycles. The first kappa shape index (κ1) is 9.92. The molecule has 2 rings (SSSR count). The van der Waals surface area contributed by atoms with Crippen LogP contribution in [0.4, 0.5) is 14.9 Å². The first-order valence-electron chi connectivity index (χ1n) is 4.15. The molecule has 78 valence electrons. The molecular formula is C9H6ClFN2O2. The van der Waals surface area contributed by atoms with Gasteiger partial charge in [0.1, 0.15) is 5.82 Å². The van der Waals surface area contributed by atoms with E-state index in [1.807, 2.05) is 0 Å². The first-order valence-corrected chi connectivity index (χ1v) is 4.53. The molecule has 0 saturated carbocycles. The lowest BCUT2D eigenvalue weighted by Gasteiger charge is -2.12. The quantitative estimate of drug-likeness (QED) is 0.742. The van der Waals surface area contributed by atoms with Crippen molar-refractivity contribution in [1.29, 1.82) is 0 Å². The van der Waals surface area contributed by atoms with E-state index in [1.165, 1.54) is 12.1 Å². The number of anilines is 1. The smallest absolute Gasteiger partial charge is 0.328 e. The fourth-order valence-corrected chi connectivity index (χ4v) is 1.48. The van der Waals surface area contributed by atoms with Gasteiger partial charge >= 0.3 is 6.03 Å². The molecule has 1 aromatic rings. The fraction of sp³-hybridized carbons (Fsp3) is 0.111. The summed E-state index contributed by atoms with van der Waals surface area (Å²) in [6.07, 6.45) is 0. The summed E-state index contributed by atoms with van der Waals surface area (Å²) in [5.74, 6) is -0.977. The number of imide groups is 1. The lowest BCUT2D eigenvalue weighted by molar-refractivity contribution is -0.115. The third-order valence-corrected chi connectivity index (χ3v) is 2.29. The number of halogens is 2. The zero-order chi connectivity index (χ0) is 11.0. The van der Waals surface area contributed by atoms with E-state index in [2.05, 4.69) is 5.32 Å². The number of carbonyl (C=O) groups excluding carboxylic acids is 2. The van der Waals surface area contributed by atoms with Crippen molar-refractivity contribution in [3.05, 3.63) is 29.0 Å². The number of hydrogen-bond donors (Lipinski definition) is 1. The molecule has 1 aliphatic rings. The maximum absolute atomic E-state index is 12.8. The average molecular weight is 229 g/mol. The van der Waals surface area contributed by atoms with Crippen molar-refractivity contribution in [2.45, 2.75) is 0 Å². The molecule has 4 nitrogen and oxygen atoms in total. The Morgan fingerprint density at radius 3 is 2.67 bits per heavy atom. The minimum absolute atomic E-state index is 0.0478. The van der Waals surface area contributed by atoms with Gasteiger partial charge in [-0.1, -0.05) is 11.6 Å². The summed E-state index contributed by atoms with van der Waals surface area (Å²) >= 11 is 5.54. The van der Waals surface area contributed by atoms with Crippen LogP contribution < -0.4 is 10.2 Å². The monoisotopic (exact) mass is 228 g/mol. The number of nitrogens with zero attached hydrogens (tertiary/aromatic N) is 1. The van der Waals surface area contributed by atoms with Crippen LogP contribution >= 0.6 is 11.6 Å². The van der Waals surface area contributed by atoms with Gasteiger partial charge in [0.25, 0.3) is 5.91 Å². The number of hydrogen-bond acceptors (Lipinski definition) is 2. The Morgan fingerprint density at radius 2 is 2.13 bits per heavy atom. The molecule has 0 radical (unpaired) electrons. The van der Waals surface area contributed by atoms with Gasteiger partial charge in [-0.25, -0.2) is 14.1 Å². The second-order valence-electron chi connectivity index (χ2n) is 2.99. The van der Waals surface area contributed by atoms with E-state index in [4.69, 9.17) is 11.6 Å². The highest BCUT2D eigenvalue weighted by Gasteiger charge is 2.30. The molecule has 1 N–H and O–H groups in total. The van der Waals surface area contributed by atoms with E-state index in [1.54, 1.807) is 0 Å². The molecule has 0 aromatic heterocycles. The molecule has 1 fully saturated rings. The van der Waals surface area contributed by atoms with Crippen molar-refractivity contribution in [1.82, 2.24) is 5.32 Å². The zero-order valence-electron chi connectivity index (χ0n) is 7.46. The van der Waals surface area contributed by atoms with Crippen molar-refractivity contribution < 1.29 is 14.0 Å². The van der Waals surface area contributed by atoms with Crippen LogP contribution in [0.2, 0.25) is 5.02 Å². The van der Waals surface area contributed by atoms with Crippen LogP contribution in [0.5, 0.6) is 0 Å². The van der Waals surface area contributed by atoms with E-state index in [9.17, 15) is 14.0 Å². The average Bonchev–Trinajstić information content (AvgIpc) is 2.52. The minimum atomic E-state index is -0.590. The van der Waals surface area contributed by atoms with E-state index < -0.39 is 11.8 Å². The van der Waals surface area contributed by atoms with Gasteiger partial charge in [0.2, 0.25) is 0 Å². The second-order valence-corrected chi connectivity index (χ2v) is 3.39. The van der Waals surface area contributed by atoms with Crippen LogP contribution in [0.3, 0.4) is 0 Å². The molecule has 0 unspecified atom stereocenters. The normalized spacial score (nSPS) is 15.7. The summed E-state index contributed by atoms with van der Waals surface area (Å²) in [6.45, 7) is -0.0478. The minimum Gasteiger partial charge on any atom is -0.328 e. The van der Waals surface area contributed by atoms with Gasteiger partial charge in [-0.3, -0.25) is 4.79 Å². The number of rotatable bonds is 1. The van der Waals surface area contributed by atoms with Crippen LogP contribution in [0.1, 0.15) is 0 Å². The van der Waals surface area contributed by atoms with Crippen molar-refractivity contribution in [2.75, 3.05) is 11.4 Å². The van der Waals surface area contributed by atoms with E-state index in [0.717, 1.165) is 11.0 Å². The van der Waals surface area contributed by atoms with Gasteiger partial charge in [0.15, 0.2) is 0 Å². The summed E-state index contributed by atoms with van der Waals surface area (Å²) in [6, 6.07) is 3.14. The van der Waals surface area contributed by atoms with Crippen molar-refractivity contribution in [3.8, 4) is 0 Å². The Hall–Kier alpha value is -1.62. The largest absolute Gasteiger partial charge is 0.329 e. The maximum Gasteiger partial charge on any atom is 0.329 e. The highest BCUT2D eigenvalue weighted by Crippen LogP contribution is 2.23. The van der Waals surface area contributed by atoms with E-state index in [0.29, 0.717) is 0 Å². The number of urea groups is 1. The standard InChI is InChI=1S/C9H6ClFN2O2/c10-6-3-5(1-2-7(6)11)13-8(14)4-12-9(13)15/h1-3H,4H2,(H,12,15). The summed E-state index contributed by atoms with van der Waals surface area (Å²) in [7, 11) is 0. The molecular weight excluding hydrogens is 223 g/mol. The molecule has 15 heavy (non-hydrogen) atoms. The number of nitrogens with one attached hydrogen (secondary N) is 1. The van der Waals surface area contributed by atoms with Crippen LogP contribution in [-0.4, -0.2) is 18.5 Å². The molecule has 1 aromatic carbocycles. The summed E-state index contributed by atoms with van der Waals surface area (Å²) in [5, 5.41) is 2.23. The van der Waals surface area contributed by atoms with Gasteiger partial charge in [-0.05, 0) is 18.2 Å². The SMILES string of the molecule is O=C1CNC(=O)N1c1ccc(F)c(Cl)c1. The van der Waals surface area contributed by atoms with Crippen LogP contribution in [0.15, 0.2) is 18.2 Å². The van der Waals surface area contributed by atoms with Gasteiger partial charge in [-0.15, -0.1) is 0 Å². The van der Waals surface area contributed by atoms with Crippen LogP contribution in [0, 0.1) is 5.82 Å². The van der Waals surface area contributed by atoms with Crippen LogP contribution in [0.25, 0.3) is 0 Å². The van der Waals surface area contributed by atoms with Gasteiger partial charge in [0.05, 0.1) is 17.3 Å². The zero-order valence-corrected chi connectivity index (χ0v) is 8.21. The van der Waals surface area contributed by atoms with Crippen molar-refractivity contribution in [3.63, 3.8) is 0 Å². The highest BCUT2D eigenvalue weighted by molar-refractivity contribution is 6.31. The third-order valence-electron chi connectivity index (χ3n) is 2.00. The molecule has 3 amide bonds. The highest BCUT2D eigenvalue weighted by atomic mass is 35.5. The molecule has 1 saturated heterocycles. The molecule has 0 atom stereocenters. The Balaban J connectivity index is 2.41. The summed E-state index contributed by atoms with van der Waals surface area (Å²) in [5.41, 5.74) is 0.265. The predicted octanol–water partition coefficient (Wildman–Crippen LogP) is 1.54. The Bertz CT molecular complexity index is 434. The van der Waals surface area contributed by atoms with Gasteiger partial charge < -0.3 is 5.32 Å². The van der Waals surface area contributed by atoms with Gasteiger partial charge in [0, 0.05) is 0 Å². The molecule has 0 spiro atoms. The van der Waals surface area contributed by atoms with Crippen molar-refractivity contribution >= 4 is 29.2 Å². The molecule has 6 heteroatoms. The van der Waals surface area contributed by atoms with E-state index in [-0.39, 0.29) is 23.2 Å². The number of amides is 3. The molecule has 0 aliphatic carbocycles. The Labute approximate surface area is 89.6 Å². The topological polar surface area (TPSA) is 49.4 Å². The van der Waals surface area contributed by atoms with Crippen molar-refractivity contribution in [2.24, 2.45) is 0 Å². The molecule has 1 aliphatic heterocycles. The number of benzene rings is 1. The summed E-state index contributed by atoms with van der Waals surface area (Å²) < 4.78 is 12.8. The molecule has 0 bridgehead atoms. The third kappa shape index (κ3) is 1.66. The predicted molar refractivity (Wildman–Crippen MR) is 52.3 cm³/mol. The van der Waals surface area contributed by atoms with E-state index >= 15 is 0 Å². The summed E-state index contributed by atoms with van der Waals surface area (Å²) in [4.78, 5) is 23.4.